The second-order valence-corrected chi connectivity index (χ2v) is 4.65. The van der Waals surface area contributed by atoms with Crippen molar-refractivity contribution in [3.05, 3.63) is 35.9 Å². The first-order valence-electron chi connectivity index (χ1n) is 6.92. The van der Waals surface area contributed by atoms with Crippen LogP contribution in [0.25, 0.3) is 0 Å². The van der Waals surface area contributed by atoms with Crippen LogP contribution in [0.15, 0.2) is 30.3 Å². The van der Waals surface area contributed by atoms with E-state index >= 15 is 0 Å². The maximum Gasteiger partial charge on any atom is 0.302 e. The van der Waals surface area contributed by atoms with Crippen molar-refractivity contribution < 1.29 is 14.3 Å². The van der Waals surface area contributed by atoms with Crippen LogP contribution < -0.4 is 0 Å². The summed E-state index contributed by atoms with van der Waals surface area (Å²) in [6.45, 7) is 1.94. The number of carbonyl (C=O) groups is 2. The summed E-state index contributed by atoms with van der Waals surface area (Å²) in [5.74, 6) is 0.00831. The molecule has 0 radical (unpaired) electrons. The van der Waals surface area contributed by atoms with E-state index in [-0.39, 0.29) is 11.8 Å². The summed E-state index contributed by atoms with van der Waals surface area (Å²) < 4.78 is 4.85. The molecule has 0 unspecified atom stereocenters. The SMILES string of the molecule is CC(=O)OCCCCCCCC(=O)c1ccccc1. The largest absolute Gasteiger partial charge is 0.466 e. The molecule has 0 amide bonds. The van der Waals surface area contributed by atoms with Crippen LogP contribution in [-0.2, 0) is 9.53 Å². The molecule has 1 aromatic rings. The van der Waals surface area contributed by atoms with E-state index in [1.165, 1.54) is 6.92 Å². The smallest absolute Gasteiger partial charge is 0.302 e. The maximum atomic E-state index is 11.8. The lowest BCUT2D eigenvalue weighted by Crippen LogP contribution is -2.00. The van der Waals surface area contributed by atoms with Crippen LogP contribution in [0.5, 0.6) is 0 Å². The molecule has 3 heteroatoms. The van der Waals surface area contributed by atoms with Crippen LogP contribution in [-0.4, -0.2) is 18.4 Å². The molecular formula is C16H22O3. The van der Waals surface area contributed by atoms with E-state index in [9.17, 15) is 9.59 Å². The number of ketones is 1. The topological polar surface area (TPSA) is 43.4 Å². The van der Waals surface area contributed by atoms with Crippen LogP contribution in [0.4, 0.5) is 0 Å². The Labute approximate surface area is 115 Å². The Kier molecular flexibility index (Phi) is 7.56. The third kappa shape index (κ3) is 7.39. The Morgan fingerprint density at radius 1 is 0.947 bits per heavy atom. The lowest BCUT2D eigenvalue weighted by molar-refractivity contribution is -0.141. The van der Waals surface area contributed by atoms with E-state index in [0.717, 1.165) is 37.7 Å². The minimum atomic E-state index is -0.214. The van der Waals surface area contributed by atoms with Crippen molar-refractivity contribution in [2.45, 2.75) is 45.4 Å². The minimum Gasteiger partial charge on any atom is -0.466 e. The number of benzene rings is 1. The summed E-state index contributed by atoms with van der Waals surface area (Å²) in [5, 5.41) is 0. The third-order valence-corrected chi connectivity index (χ3v) is 2.95. The molecule has 1 aromatic carbocycles. The van der Waals surface area contributed by atoms with Gasteiger partial charge in [0.1, 0.15) is 0 Å². The highest BCUT2D eigenvalue weighted by Crippen LogP contribution is 2.10. The molecular weight excluding hydrogens is 240 g/mol. The summed E-state index contributed by atoms with van der Waals surface area (Å²) in [4.78, 5) is 22.3. The Morgan fingerprint density at radius 2 is 1.58 bits per heavy atom. The molecule has 0 aliphatic carbocycles. The average Bonchev–Trinajstić information content (AvgIpc) is 2.42. The van der Waals surface area contributed by atoms with E-state index in [0.29, 0.717) is 13.0 Å². The summed E-state index contributed by atoms with van der Waals surface area (Å²) in [7, 11) is 0. The fraction of sp³-hybridized carbons (Fsp3) is 0.500. The van der Waals surface area contributed by atoms with E-state index in [1.807, 2.05) is 30.3 Å². The van der Waals surface area contributed by atoms with Crippen molar-refractivity contribution in [3.63, 3.8) is 0 Å². The maximum absolute atomic E-state index is 11.8. The monoisotopic (exact) mass is 262 g/mol. The first-order chi connectivity index (χ1) is 9.20. The lowest BCUT2D eigenvalue weighted by atomic mass is 10.0. The summed E-state index contributed by atoms with van der Waals surface area (Å²) in [6.07, 6.45) is 5.65. The minimum absolute atomic E-state index is 0.214. The van der Waals surface area contributed by atoms with Crippen molar-refractivity contribution in [3.8, 4) is 0 Å². The number of hydrogen-bond donors (Lipinski definition) is 0. The molecule has 0 saturated heterocycles. The zero-order chi connectivity index (χ0) is 13.9. The zero-order valence-corrected chi connectivity index (χ0v) is 11.6. The van der Waals surface area contributed by atoms with Crippen LogP contribution in [0.1, 0.15) is 55.8 Å². The van der Waals surface area contributed by atoms with Crippen LogP contribution in [0.2, 0.25) is 0 Å². The molecule has 0 fully saturated rings. The number of esters is 1. The summed E-state index contributed by atoms with van der Waals surface area (Å²) >= 11 is 0. The lowest BCUT2D eigenvalue weighted by Gasteiger charge is -2.03. The van der Waals surface area contributed by atoms with Crippen molar-refractivity contribution in [1.29, 1.82) is 0 Å². The van der Waals surface area contributed by atoms with Crippen LogP contribution in [0.3, 0.4) is 0 Å². The molecule has 1 rings (SSSR count). The highest BCUT2D eigenvalue weighted by Gasteiger charge is 2.03. The summed E-state index contributed by atoms with van der Waals surface area (Å²) in [6, 6.07) is 9.42. The van der Waals surface area contributed by atoms with Gasteiger partial charge in [0.2, 0.25) is 0 Å². The third-order valence-electron chi connectivity index (χ3n) is 2.95. The number of unbranched alkanes of at least 4 members (excludes halogenated alkanes) is 4. The molecule has 0 aromatic heterocycles. The summed E-state index contributed by atoms with van der Waals surface area (Å²) in [5.41, 5.74) is 0.803. The second kappa shape index (κ2) is 9.31. The fourth-order valence-electron chi connectivity index (χ4n) is 1.90. The van der Waals surface area contributed by atoms with E-state index in [4.69, 9.17) is 4.74 Å². The number of Topliss-reactive ketones (excluding diaryl/α,β-unsaturated/α-hetero) is 1. The van der Waals surface area contributed by atoms with Gasteiger partial charge < -0.3 is 4.74 Å². The van der Waals surface area contributed by atoms with Gasteiger partial charge in [0.15, 0.2) is 5.78 Å². The van der Waals surface area contributed by atoms with Gasteiger partial charge in [-0.25, -0.2) is 0 Å². The average molecular weight is 262 g/mol. The highest BCUT2D eigenvalue weighted by molar-refractivity contribution is 5.95. The number of carbonyl (C=O) groups excluding carboxylic acids is 2. The van der Waals surface area contributed by atoms with Crippen LogP contribution >= 0.6 is 0 Å². The van der Waals surface area contributed by atoms with Gasteiger partial charge >= 0.3 is 5.97 Å². The first-order valence-corrected chi connectivity index (χ1v) is 6.92. The fourth-order valence-corrected chi connectivity index (χ4v) is 1.90. The molecule has 3 nitrogen and oxygen atoms in total. The van der Waals surface area contributed by atoms with E-state index in [1.54, 1.807) is 0 Å². The molecule has 0 spiro atoms. The first kappa shape index (κ1) is 15.4. The quantitative estimate of drug-likeness (QED) is 0.386. The van der Waals surface area contributed by atoms with E-state index in [2.05, 4.69) is 0 Å². The normalized spacial score (nSPS) is 10.2. The Balaban J connectivity index is 1.99. The van der Waals surface area contributed by atoms with Crippen molar-refractivity contribution in [2.75, 3.05) is 6.61 Å². The van der Waals surface area contributed by atoms with Gasteiger partial charge in [0.25, 0.3) is 0 Å². The Morgan fingerprint density at radius 3 is 2.26 bits per heavy atom. The Hall–Kier alpha value is -1.64. The van der Waals surface area contributed by atoms with Gasteiger partial charge in [-0.15, -0.1) is 0 Å². The van der Waals surface area contributed by atoms with Crippen molar-refractivity contribution in [1.82, 2.24) is 0 Å². The van der Waals surface area contributed by atoms with Gasteiger partial charge in [-0.3, -0.25) is 9.59 Å². The molecule has 0 N–H and O–H groups in total. The predicted octanol–water partition coefficient (Wildman–Crippen LogP) is 3.77. The van der Waals surface area contributed by atoms with Gasteiger partial charge in [0.05, 0.1) is 6.61 Å². The number of hydrogen-bond acceptors (Lipinski definition) is 3. The molecule has 104 valence electrons. The van der Waals surface area contributed by atoms with Crippen LogP contribution in [0, 0.1) is 0 Å². The van der Waals surface area contributed by atoms with Crippen molar-refractivity contribution in [2.24, 2.45) is 0 Å². The van der Waals surface area contributed by atoms with Gasteiger partial charge in [-0.05, 0) is 12.8 Å². The predicted molar refractivity (Wildman–Crippen MR) is 75.1 cm³/mol. The molecule has 19 heavy (non-hydrogen) atoms. The van der Waals surface area contributed by atoms with Gasteiger partial charge in [-0.2, -0.15) is 0 Å². The van der Waals surface area contributed by atoms with Gasteiger partial charge in [0, 0.05) is 18.9 Å². The standard InChI is InChI=1S/C16H22O3/c1-14(17)19-13-9-4-2-3-8-12-16(18)15-10-6-5-7-11-15/h5-7,10-11H,2-4,8-9,12-13H2,1H3. The zero-order valence-electron chi connectivity index (χ0n) is 11.6. The molecule has 0 heterocycles. The Bertz CT molecular complexity index is 384. The molecule has 0 atom stereocenters. The number of ether oxygens (including phenoxy) is 1. The van der Waals surface area contributed by atoms with E-state index < -0.39 is 0 Å². The molecule has 0 aliphatic heterocycles. The molecule has 0 bridgehead atoms. The molecule has 0 aliphatic rings. The van der Waals surface area contributed by atoms with Crippen molar-refractivity contribution >= 4 is 11.8 Å². The number of rotatable bonds is 9. The second-order valence-electron chi connectivity index (χ2n) is 4.65. The molecule has 0 saturated carbocycles. The highest BCUT2D eigenvalue weighted by atomic mass is 16.5. The van der Waals surface area contributed by atoms with Gasteiger partial charge in [-0.1, -0.05) is 49.6 Å².